The molecule has 1 aromatic carbocycles. The summed E-state index contributed by atoms with van der Waals surface area (Å²) in [7, 11) is 1.63. The fraction of sp³-hybridized carbons (Fsp3) is 0.500. The van der Waals surface area contributed by atoms with Crippen molar-refractivity contribution in [1.82, 2.24) is 19.7 Å². The molecule has 0 spiro atoms. The highest BCUT2D eigenvalue weighted by Gasteiger charge is 2.14. The molecule has 0 radical (unpaired) electrons. The van der Waals surface area contributed by atoms with Crippen LogP contribution in [0.1, 0.15) is 33.1 Å². The van der Waals surface area contributed by atoms with E-state index in [2.05, 4.69) is 24.0 Å². The lowest BCUT2D eigenvalue weighted by Gasteiger charge is -2.21. The Kier molecular flexibility index (Phi) is 7.18. The Labute approximate surface area is 153 Å². The van der Waals surface area contributed by atoms with Gasteiger partial charge in [-0.1, -0.05) is 13.8 Å². The van der Waals surface area contributed by atoms with E-state index in [9.17, 15) is 4.79 Å². The van der Waals surface area contributed by atoms with Crippen LogP contribution in [0.5, 0.6) is 5.75 Å². The second-order valence-electron chi connectivity index (χ2n) is 5.86. The molecule has 0 saturated heterocycles. The SMILES string of the molecule is CCCN(CCC)C(=O)CCn1c(-c2ccc(OC)cc2)n[nH]c1=S. The van der Waals surface area contributed by atoms with Gasteiger partial charge in [-0.2, -0.15) is 5.10 Å². The van der Waals surface area contributed by atoms with Crippen LogP contribution >= 0.6 is 12.2 Å². The number of amides is 1. The summed E-state index contributed by atoms with van der Waals surface area (Å²) in [5.74, 6) is 1.68. The molecule has 1 heterocycles. The first-order chi connectivity index (χ1) is 12.1. The van der Waals surface area contributed by atoms with Crippen molar-refractivity contribution in [2.75, 3.05) is 20.2 Å². The van der Waals surface area contributed by atoms with Crippen LogP contribution in [0.2, 0.25) is 0 Å². The number of aromatic amines is 1. The Balaban J connectivity index is 2.13. The van der Waals surface area contributed by atoms with Crippen LogP contribution in [0.25, 0.3) is 11.4 Å². The minimum atomic E-state index is 0.160. The number of hydrogen-bond acceptors (Lipinski definition) is 4. The zero-order valence-corrected chi connectivity index (χ0v) is 15.9. The fourth-order valence-electron chi connectivity index (χ4n) is 2.75. The first-order valence-electron chi connectivity index (χ1n) is 8.68. The Morgan fingerprint density at radius 2 is 1.88 bits per heavy atom. The molecular formula is C18H26N4O2S. The van der Waals surface area contributed by atoms with Gasteiger partial charge in [-0.25, -0.2) is 0 Å². The number of methoxy groups -OCH3 is 1. The molecule has 0 unspecified atom stereocenters. The number of ether oxygens (including phenoxy) is 1. The van der Waals surface area contributed by atoms with Crippen LogP contribution < -0.4 is 4.74 Å². The highest BCUT2D eigenvalue weighted by Crippen LogP contribution is 2.21. The van der Waals surface area contributed by atoms with Crippen molar-refractivity contribution >= 4 is 18.1 Å². The van der Waals surface area contributed by atoms with Crippen molar-refractivity contribution < 1.29 is 9.53 Å². The maximum atomic E-state index is 12.5. The van der Waals surface area contributed by atoms with Crippen LogP contribution in [-0.2, 0) is 11.3 Å². The molecule has 1 aromatic heterocycles. The third-order valence-electron chi connectivity index (χ3n) is 4.00. The summed E-state index contributed by atoms with van der Waals surface area (Å²) in [6, 6.07) is 7.63. The second-order valence-corrected chi connectivity index (χ2v) is 6.25. The lowest BCUT2D eigenvalue weighted by Crippen LogP contribution is -2.33. The van der Waals surface area contributed by atoms with Crippen LogP contribution in [-0.4, -0.2) is 45.8 Å². The predicted molar refractivity (Wildman–Crippen MR) is 101 cm³/mol. The minimum absolute atomic E-state index is 0.160. The van der Waals surface area contributed by atoms with Crippen LogP contribution in [0.4, 0.5) is 0 Å². The van der Waals surface area contributed by atoms with E-state index < -0.39 is 0 Å². The Morgan fingerprint density at radius 3 is 2.44 bits per heavy atom. The molecule has 25 heavy (non-hydrogen) atoms. The standard InChI is InChI=1S/C18H26N4O2S/c1-4-11-21(12-5-2)16(23)10-13-22-17(19-20-18(22)25)14-6-8-15(24-3)9-7-14/h6-9H,4-5,10-13H2,1-3H3,(H,20,25). The van der Waals surface area contributed by atoms with Crippen molar-refractivity contribution in [3.05, 3.63) is 29.0 Å². The lowest BCUT2D eigenvalue weighted by molar-refractivity contribution is -0.131. The number of nitrogens with zero attached hydrogens (tertiary/aromatic N) is 3. The summed E-state index contributed by atoms with van der Waals surface area (Å²) in [5.41, 5.74) is 0.930. The van der Waals surface area contributed by atoms with Crippen molar-refractivity contribution in [2.24, 2.45) is 0 Å². The highest BCUT2D eigenvalue weighted by atomic mass is 32.1. The van der Waals surface area contributed by atoms with Gasteiger partial charge in [0.25, 0.3) is 0 Å². The average molecular weight is 362 g/mol. The normalized spacial score (nSPS) is 10.7. The van der Waals surface area contributed by atoms with Gasteiger partial charge in [0, 0.05) is 31.6 Å². The number of benzene rings is 1. The van der Waals surface area contributed by atoms with Crippen molar-refractivity contribution in [1.29, 1.82) is 0 Å². The number of hydrogen-bond donors (Lipinski definition) is 1. The first-order valence-corrected chi connectivity index (χ1v) is 9.08. The molecule has 0 bridgehead atoms. The highest BCUT2D eigenvalue weighted by molar-refractivity contribution is 7.71. The van der Waals surface area contributed by atoms with E-state index in [-0.39, 0.29) is 5.91 Å². The number of rotatable bonds is 9. The quantitative estimate of drug-likeness (QED) is 0.692. The third kappa shape index (κ3) is 4.92. The Morgan fingerprint density at radius 1 is 1.24 bits per heavy atom. The number of aromatic nitrogens is 3. The zero-order valence-electron chi connectivity index (χ0n) is 15.1. The molecule has 1 amide bonds. The summed E-state index contributed by atoms with van der Waals surface area (Å²) in [6.45, 7) is 6.29. The summed E-state index contributed by atoms with van der Waals surface area (Å²) in [4.78, 5) is 14.4. The number of carbonyl (C=O) groups excluding carboxylic acids is 1. The maximum Gasteiger partial charge on any atom is 0.224 e. The van der Waals surface area contributed by atoms with E-state index >= 15 is 0 Å². The molecule has 2 aromatic rings. The van der Waals surface area contributed by atoms with E-state index in [1.807, 2.05) is 33.7 Å². The summed E-state index contributed by atoms with van der Waals surface area (Å²) in [6.07, 6.45) is 2.35. The monoisotopic (exact) mass is 362 g/mol. The second kappa shape index (κ2) is 9.36. The number of H-pyrrole nitrogens is 1. The van der Waals surface area contributed by atoms with E-state index in [1.54, 1.807) is 7.11 Å². The van der Waals surface area contributed by atoms with Gasteiger partial charge < -0.3 is 9.64 Å². The molecule has 0 saturated carbocycles. The molecular weight excluding hydrogens is 336 g/mol. The lowest BCUT2D eigenvalue weighted by atomic mass is 10.2. The van der Waals surface area contributed by atoms with Gasteiger partial charge in [0.15, 0.2) is 10.6 Å². The van der Waals surface area contributed by atoms with E-state index in [4.69, 9.17) is 17.0 Å². The molecule has 1 N–H and O–H groups in total. The zero-order chi connectivity index (χ0) is 18.2. The van der Waals surface area contributed by atoms with Gasteiger partial charge in [-0.05, 0) is 49.3 Å². The van der Waals surface area contributed by atoms with Gasteiger partial charge in [0.1, 0.15) is 5.75 Å². The summed E-state index contributed by atoms with van der Waals surface area (Å²) < 4.78 is 7.59. The molecule has 2 rings (SSSR count). The number of nitrogens with one attached hydrogen (secondary N) is 1. The largest absolute Gasteiger partial charge is 0.497 e. The first kappa shape index (κ1) is 19.2. The van der Waals surface area contributed by atoms with Gasteiger partial charge in [-0.3, -0.25) is 14.5 Å². The molecule has 0 aliphatic heterocycles. The van der Waals surface area contributed by atoms with Crippen molar-refractivity contribution in [2.45, 2.75) is 39.7 Å². The topological polar surface area (TPSA) is 63.1 Å². The van der Waals surface area contributed by atoms with Crippen molar-refractivity contribution in [3.63, 3.8) is 0 Å². The Hall–Kier alpha value is -2.15. The maximum absolute atomic E-state index is 12.5. The van der Waals surface area contributed by atoms with Crippen LogP contribution in [0.15, 0.2) is 24.3 Å². The minimum Gasteiger partial charge on any atom is -0.497 e. The fourth-order valence-corrected chi connectivity index (χ4v) is 2.98. The molecule has 7 heteroatoms. The molecule has 0 fully saturated rings. The third-order valence-corrected chi connectivity index (χ3v) is 4.31. The van der Waals surface area contributed by atoms with E-state index in [0.717, 1.165) is 43.1 Å². The van der Waals surface area contributed by atoms with Gasteiger partial charge in [0.2, 0.25) is 5.91 Å². The van der Waals surface area contributed by atoms with Gasteiger partial charge >= 0.3 is 0 Å². The van der Waals surface area contributed by atoms with Crippen LogP contribution in [0, 0.1) is 4.77 Å². The molecule has 0 atom stereocenters. The predicted octanol–water partition coefficient (Wildman–Crippen LogP) is 3.65. The van der Waals surface area contributed by atoms with Gasteiger partial charge in [-0.15, -0.1) is 0 Å². The molecule has 136 valence electrons. The number of carbonyl (C=O) groups is 1. The molecule has 6 nitrogen and oxygen atoms in total. The molecule has 0 aliphatic carbocycles. The molecule has 0 aliphatic rings. The Bertz CT molecular complexity index is 730. The smallest absolute Gasteiger partial charge is 0.224 e. The van der Waals surface area contributed by atoms with Crippen molar-refractivity contribution in [3.8, 4) is 17.1 Å². The van der Waals surface area contributed by atoms with E-state index in [0.29, 0.717) is 17.7 Å². The average Bonchev–Trinajstić information content (AvgIpc) is 3.00. The van der Waals surface area contributed by atoms with Crippen LogP contribution in [0.3, 0.4) is 0 Å². The summed E-state index contributed by atoms with van der Waals surface area (Å²) in [5, 5.41) is 7.14. The van der Waals surface area contributed by atoms with E-state index in [1.165, 1.54) is 0 Å². The van der Waals surface area contributed by atoms with Gasteiger partial charge in [0.05, 0.1) is 7.11 Å². The summed E-state index contributed by atoms with van der Waals surface area (Å²) >= 11 is 5.34.